The molecule has 0 spiro atoms. The third kappa shape index (κ3) is 6.28. The molecule has 3 heteroatoms. The summed E-state index contributed by atoms with van der Waals surface area (Å²) in [5, 5.41) is 1.68. The van der Waals surface area contributed by atoms with Gasteiger partial charge < -0.3 is 0 Å². The molecule has 0 fully saturated rings. The molecule has 0 aromatic carbocycles. The fourth-order valence-corrected chi connectivity index (χ4v) is 1.30. The third-order valence-corrected chi connectivity index (χ3v) is 2.14. The van der Waals surface area contributed by atoms with Crippen molar-refractivity contribution in [2.24, 2.45) is 0 Å². The number of amides is 1. The number of rotatable bonds is 8. The van der Waals surface area contributed by atoms with Crippen LogP contribution in [0, 0.1) is 0 Å². The highest BCUT2D eigenvalue weighted by molar-refractivity contribution is 5.91. The molecule has 0 heterocycles. The Labute approximate surface area is 93.5 Å². The quantitative estimate of drug-likeness (QED) is 0.381. The van der Waals surface area contributed by atoms with E-state index in [0.29, 0.717) is 5.57 Å². The molecular weight excluding hydrogens is 188 g/mol. The van der Waals surface area contributed by atoms with Gasteiger partial charge in [-0.05, 0) is 19.8 Å². The molecule has 0 bridgehead atoms. The van der Waals surface area contributed by atoms with E-state index in [1.165, 1.54) is 12.8 Å². The predicted molar refractivity (Wildman–Crippen MR) is 64.3 cm³/mol. The van der Waals surface area contributed by atoms with E-state index in [1.54, 1.807) is 11.9 Å². The first-order valence-electron chi connectivity index (χ1n) is 5.84. The van der Waals surface area contributed by atoms with Crippen LogP contribution in [0.1, 0.15) is 46.5 Å². The summed E-state index contributed by atoms with van der Waals surface area (Å²) < 4.78 is 0. The number of carbonyl (C=O) groups excluding carboxylic acids is 1. The lowest BCUT2D eigenvalue weighted by atomic mass is 10.2. The minimum absolute atomic E-state index is 0.00773. The Morgan fingerprint density at radius 3 is 2.40 bits per heavy atom. The Bertz CT molecular complexity index is 202. The summed E-state index contributed by atoms with van der Waals surface area (Å²) in [4.78, 5) is 11.7. The summed E-state index contributed by atoms with van der Waals surface area (Å²) in [6.45, 7) is 11.3. The van der Waals surface area contributed by atoms with Crippen molar-refractivity contribution in [3.8, 4) is 0 Å². The van der Waals surface area contributed by atoms with Crippen molar-refractivity contribution in [1.29, 1.82) is 0 Å². The fourth-order valence-electron chi connectivity index (χ4n) is 1.30. The van der Waals surface area contributed by atoms with E-state index in [1.807, 2.05) is 0 Å². The molecular formula is C12H24N2O. The molecule has 0 aromatic heterocycles. The van der Waals surface area contributed by atoms with E-state index >= 15 is 0 Å². The summed E-state index contributed by atoms with van der Waals surface area (Å²) >= 11 is 0. The summed E-state index contributed by atoms with van der Waals surface area (Å²) in [7, 11) is 0. The molecule has 15 heavy (non-hydrogen) atoms. The zero-order valence-corrected chi connectivity index (χ0v) is 10.3. The summed E-state index contributed by atoms with van der Waals surface area (Å²) in [5.41, 5.74) is 3.75. The summed E-state index contributed by atoms with van der Waals surface area (Å²) in [6.07, 6.45) is 4.47. The van der Waals surface area contributed by atoms with E-state index < -0.39 is 0 Å². The molecule has 0 aliphatic carbocycles. The number of carbonyl (C=O) groups is 1. The van der Waals surface area contributed by atoms with Gasteiger partial charge in [-0.25, -0.2) is 5.43 Å². The fraction of sp³-hybridized carbons (Fsp3) is 0.750. The van der Waals surface area contributed by atoms with Gasteiger partial charge in [0.25, 0.3) is 5.91 Å². The normalized spacial score (nSPS) is 10.1. The molecule has 0 saturated heterocycles. The molecule has 0 aromatic rings. The third-order valence-electron chi connectivity index (χ3n) is 2.14. The molecule has 0 aliphatic rings. The minimum atomic E-state index is 0.00773. The smallest absolute Gasteiger partial charge is 0.262 e. The summed E-state index contributed by atoms with van der Waals surface area (Å²) in [6, 6.07) is 0. The Balaban J connectivity index is 3.93. The van der Waals surface area contributed by atoms with Gasteiger partial charge in [-0.15, -0.1) is 0 Å². The first-order valence-corrected chi connectivity index (χ1v) is 5.84. The second-order valence-corrected chi connectivity index (χ2v) is 3.85. The average molecular weight is 212 g/mol. The SMILES string of the molecule is C=C(C)C(=O)N(CCC)NCCCCC. The van der Waals surface area contributed by atoms with Crippen LogP contribution in [-0.2, 0) is 4.79 Å². The first-order chi connectivity index (χ1) is 7.13. The predicted octanol–water partition coefficient (Wildman–Crippen LogP) is 2.50. The molecule has 0 aliphatic heterocycles. The van der Waals surface area contributed by atoms with Gasteiger partial charge >= 0.3 is 0 Å². The zero-order valence-electron chi connectivity index (χ0n) is 10.3. The van der Waals surface area contributed by atoms with Crippen LogP contribution in [0.25, 0.3) is 0 Å². The van der Waals surface area contributed by atoms with Gasteiger partial charge in [-0.2, -0.15) is 0 Å². The van der Waals surface area contributed by atoms with Crippen molar-refractivity contribution in [2.45, 2.75) is 46.5 Å². The molecule has 0 unspecified atom stereocenters. The van der Waals surface area contributed by atoms with Crippen LogP contribution in [0.5, 0.6) is 0 Å². The highest BCUT2D eigenvalue weighted by Gasteiger charge is 2.11. The lowest BCUT2D eigenvalue weighted by Crippen LogP contribution is -2.44. The van der Waals surface area contributed by atoms with Gasteiger partial charge in [0.05, 0.1) is 0 Å². The Morgan fingerprint density at radius 1 is 1.27 bits per heavy atom. The number of nitrogens with zero attached hydrogens (tertiary/aromatic N) is 1. The van der Waals surface area contributed by atoms with Gasteiger partial charge in [-0.3, -0.25) is 9.80 Å². The summed E-state index contributed by atoms with van der Waals surface area (Å²) in [5.74, 6) is 0.00773. The Kier molecular flexibility index (Phi) is 8.01. The monoisotopic (exact) mass is 212 g/mol. The molecule has 0 rings (SSSR count). The van der Waals surface area contributed by atoms with Crippen molar-refractivity contribution in [1.82, 2.24) is 10.4 Å². The highest BCUT2D eigenvalue weighted by atomic mass is 16.2. The second kappa shape index (κ2) is 8.48. The van der Waals surface area contributed by atoms with Gasteiger partial charge in [0.15, 0.2) is 0 Å². The van der Waals surface area contributed by atoms with Crippen LogP contribution < -0.4 is 5.43 Å². The lowest BCUT2D eigenvalue weighted by Gasteiger charge is -2.23. The maximum absolute atomic E-state index is 11.7. The van der Waals surface area contributed by atoms with Crippen LogP contribution in [-0.4, -0.2) is 24.0 Å². The van der Waals surface area contributed by atoms with E-state index in [-0.39, 0.29) is 5.91 Å². The standard InChI is InChI=1S/C12H24N2O/c1-5-7-8-9-13-14(10-6-2)12(15)11(3)4/h13H,3,5-10H2,1-2,4H3. The van der Waals surface area contributed by atoms with E-state index in [0.717, 1.165) is 25.9 Å². The van der Waals surface area contributed by atoms with Crippen molar-refractivity contribution in [3.63, 3.8) is 0 Å². The van der Waals surface area contributed by atoms with Crippen LogP contribution in [0.4, 0.5) is 0 Å². The van der Waals surface area contributed by atoms with Crippen molar-refractivity contribution >= 4 is 5.91 Å². The second-order valence-electron chi connectivity index (χ2n) is 3.85. The number of hydrogen-bond acceptors (Lipinski definition) is 2. The molecule has 88 valence electrons. The topological polar surface area (TPSA) is 32.3 Å². The zero-order chi connectivity index (χ0) is 11.7. The van der Waals surface area contributed by atoms with Gasteiger partial charge in [-0.1, -0.05) is 33.3 Å². The Morgan fingerprint density at radius 2 is 1.93 bits per heavy atom. The van der Waals surface area contributed by atoms with Crippen molar-refractivity contribution in [2.75, 3.05) is 13.1 Å². The maximum atomic E-state index is 11.7. The van der Waals surface area contributed by atoms with Crippen LogP contribution in [0.3, 0.4) is 0 Å². The number of nitrogens with one attached hydrogen (secondary N) is 1. The van der Waals surface area contributed by atoms with Crippen molar-refractivity contribution < 1.29 is 4.79 Å². The van der Waals surface area contributed by atoms with Crippen LogP contribution in [0.15, 0.2) is 12.2 Å². The maximum Gasteiger partial charge on any atom is 0.262 e. The molecule has 0 saturated carbocycles. The highest BCUT2D eigenvalue weighted by Crippen LogP contribution is 1.98. The Hall–Kier alpha value is -0.830. The molecule has 0 radical (unpaired) electrons. The average Bonchev–Trinajstić information content (AvgIpc) is 2.21. The number of hydrogen-bond donors (Lipinski definition) is 1. The van der Waals surface area contributed by atoms with Crippen molar-refractivity contribution in [3.05, 3.63) is 12.2 Å². The molecule has 1 amide bonds. The molecule has 3 nitrogen and oxygen atoms in total. The number of unbranched alkanes of at least 4 members (excludes halogenated alkanes) is 2. The van der Waals surface area contributed by atoms with Crippen LogP contribution in [0.2, 0.25) is 0 Å². The largest absolute Gasteiger partial charge is 0.274 e. The molecule has 0 atom stereocenters. The molecule has 1 N–H and O–H groups in total. The van der Waals surface area contributed by atoms with E-state index in [2.05, 4.69) is 25.9 Å². The van der Waals surface area contributed by atoms with Gasteiger partial charge in [0.1, 0.15) is 0 Å². The van der Waals surface area contributed by atoms with Gasteiger partial charge in [0.2, 0.25) is 0 Å². The minimum Gasteiger partial charge on any atom is -0.274 e. The van der Waals surface area contributed by atoms with Gasteiger partial charge in [0, 0.05) is 18.7 Å². The first kappa shape index (κ1) is 14.2. The van der Waals surface area contributed by atoms with E-state index in [9.17, 15) is 4.79 Å². The van der Waals surface area contributed by atoms with Crippen LogP contribution >= 0.6 is 0 Å². The van der Waals surface area contributed by atoms with E-state index in [4.69, 9.17) is 0 Å². The number of hydrazine groups is 1. The lowest BCUT2D eigenvalue weighted by molar-refractivity contribution is -0.130.